The van der Waals surface area contributed by atoms with Crippen LogP contribution in [0.1, 0.15) is 39.9 Å². The first-order valence-electron chi connectivity index (χ1n) is 7.09. The maximum atomic E-state index is 12.5. The normalized spacial score (nSPS) is 17.6. The van der Waals surface area contributed by atoms with E-state index in [4.69, 9.17) is 11.6 Å². The van der Waals surface area contributed by atoms with Crippen LogP contribution < -0.4 is 10.6 Å². The molecule has 1 amide bonds. The van der Waals surface area contributed by atoms with E-state index in [1.165, 1.54) is 4.88 Å². The summed E-state index contributed by atoms with van der Waals surface area (Å²) in [5.41, 5.74) is 1.72. The Labute approximate surface area is 131 Å². The number of rotatable bonds is 3. The van der Waals surface area contributed by atoms with Crippen molar-refractivity contribution in [2.45, 2.75) is 31.8 Å². The van der Waals surface area contributed by atoms with Crippen molar-refractivity contribution < 1.29 is 4.79 Å². The van der Waals surface area contributed by atoms with Crippen LogP contribution >= 0.6 is 22.9 Å². The molecule has 0 atom stereocenters. The summed E-state index contributed by atoms with van der Waals surface area (Å²) in [6.45, 7) is 1.79. The topological polar surface area (TPSA) is 59.0 Å². The van der Waals surface area contributed by atoms with Gasteiger partial charge in [0, 0.05) is 36.6 Å². The molecule has 4 rings (SSSR count). The number of nitrogens with zero attached hydrogens (tertiary/aromatic N) is 2. The van der Waals surface area contributed by atoms with Gasteiger partial charge in [-0.2, -0.15) is 0 Å². The minimum atomic E-state index is -0.132. The van der Waals surface area contributed by atoms with Crippen molar-refractivity contribution in [1.29, 1.82) is 0 Å². The Morgan fingerprint density at radius 3 is 3.14 bits per heavy atom. The molecule has 0 radical (unpaired) electrons. The SMILES string of the molecule is O=C(Nc1nc2c(s1)CNCC2)c1cc(Cl)cn1C1CC1. The van der Waals surface area contributed by atoms with E-state index in [1.54, 1.807) is 17.4 Å². The third-order valence-electron chi connectivity index (χ3n) is 3.81. The van der Waals surface area contributed by atoms with Crippen molar-refractivity contribution in [2.24, 2.45) is 0 Å². The molecule has 2 aromatic heterocycles. The van der Waals surface area contributed by atoms with Gasteiger partial charge in [-0.15, -0.1) is 11.3 Å². The number of amides is 1. The average Bonchev–Trinajstić information content (AvgIpc) is 3.11. The molecule has 3 heterocycles. The van der Waals surface area contributed by atoms with E-state index in [1.807, 2.05) is 10.8 Å². The number of halogens is 1. The molecule has 0 aromatic carbocycles. The molecule has 1 fully saturated rings. The lowest BCUT2D eigenvalue weighted by molar-refractivity contribution is 0.101. The molecule has 2 aliphatic rings. The van der Waals surface area contributed by atoms with Gasteiger partial charge in [-0.3, -0.25) is 10.1 Å². The predicted octanol–water partition coefficient (Wildman–Crippen LogP) is 2.83. The van der Waals surface area contributed by atoms with Crippen LogP contribution in [0.5, 0.6) is 0 Å². The number of thiazole rings is 1. The first-order chi connectivity index (χ1) is 10.2. The molecule has 1 aliphatic heterocycles. The lowest BCUT2D eigenvalue weighted by atomic mass is 10.2. The van der Waals surface area contributed by atoms with E-state index < -0.39 is 0 Å². The minimum absolute atomic E-state index is 0.132. The smallest absolute Gasteiger partial charge is 0.274 e. The van der Waals surface area contributed by atoms with Crippen LogP contribution in [0.4, 0.5) is 5.13 Å². The van der Waals surface area contributed by atoms with Crippen molar-refractivity contribution in [3.63, 3.8) is 0 Å². The van der Waals surface area contributed by atoms with Crippen LogP contribution in [0.25, 0.3) is 0 Å². The molecule has 110 valence electrons. The lowest BCUT2D eigenvalue weighted by Gasteiger charge is -2.09. The Morgan fingerprint density at radius 2 is 2.38 bits per heavy atom. The first kappa shape index (κ1) is 13.3. The van der Waals surface area contributed by atoms with Crippen LogP contribution in [-0.4, -0.2) is 22.0 Å². The van der Waals surface area contributed by atoms with Gasteiger partial charge in [-0.1, -0.05) is 11.6 Å². The van der Waals surface area contributed by atoms with Gasteiger partial charge < -0.3 is 9.88 Å². The largest absolute Gasteiger partial charge is 0.339 e. The van der Waals surface area contributed by atoms with Crippen LogP contribution in [0.15, 0.2) is 12.3 Å². The van der Waals surface area contributed by atoms with Crippen LogP contribution in [0.3, 0.4) is 0 Å². The Bertz CT molecular complexity index is 680. The van der Waals surface area contributed by atoms with E-state index in [0.29, 0.717) is 21.9 Å². The summed E-state index contributed by atoms with van der Waals surface area (Å²) in [6, 6.07) is 2.15. The molecule has 1 saturated carbocycles. The van der Waals surface area contributed by atoms with Gasteiger partial charge in [0.15, 0.2) is 5.13 Å². The fourth-order valence-electron chi connectivity index (χ4n) is 2.62. The van der Waals surface area contributed by atoms with Crippen molar-refractivity contribution >= 4 is 34.0 Å². The highest BCUT2D eigenvalue weighted by molar-refractivity contribution is 7.15. The molecular formula is C14H15ClN4OS. The summed E-state index contributed by atoms with van der Waals surface area (Å²) < 4.78 is 1.98. The van der Waals surface area contributed by atoms with Gasteiger partial charge in [0.25, 0.3) is 5.91 Å². The second kappa shape index (κ2) is 5.12. The number of hydrogen-bond acceptors (Lipinski definition) is 4. The zero-order valence-electron chi connectivity index (χ0n) is 11.4. The zero-order valence-corrected chi connectivity index (χ0v) is 12.9. The minimum Gasteiger partial charge on any atom is -0.339 e. The number of fused-ring (bicyclic) bond motifs is 1. The van der Waals surface area contributed by atoms with Gasteiger partial charge in [0.05, 0.1) is 10.7 Å². The fraction of sp³-hybridized carbons (Fsp3) is 0.429. The molecule has 2 N–H and O–H groups in total. The molecule has 1 aliphatic carbocycles. The van der Waals surface area contributed by atoms with E-state index in [-0.39, 0.29) is 5.91 Å². The third-order valence-corrected chi connectivity index (χ3v) is 5.03. The maximum absolute atomic E-state index is 12.5. The van der Waals surface area contributed by atoms with E-state index in [2.05, 4.69) is 15.6 Å². The van der Waals surface area contributed by atoms with Crippen LogP contribution in [-0.2, 0) is 13.0 Å². The monoisotopic (exact) mass is 322 g/mol. The molecule has 21 heavy (non-hydrogen) atoms. The van der Waals surface area contributed by atoms with Crippen molar-refractivity contribution in [1.82, 2.24) is 14.9 Å². The van der Waals surface area contributed by atoms with Crippen molar-refractivity contribution in [3.8, 4) is 0 Å². The van der Waals surface area contributed by atoms with E-state index in [9.17, 15) is 4.79 Å². The summed E-state index contributed by atoms with van der Waals surface area (Å²) >= 11 is 7.59. The molecule has 0 unspecified atom stereocenters. The summed E-state index contributed by atoms with van der Waals surface area (Å²) in [7, 11) is 0. The number of nitrogens with one attached hydrogen (secondary N) is 2. The van der Waals surface area contributed by atoms with E-state index >= 15 is 0 Å². The van der Waals surface area contributed by atoms with Gasteiger partial charge >= 0.3 is 0 Å². The standard InChI is InChI=1S/C14H15ClN4OS/c15-8-5-11(19(7-8)9-1-2-9)13(20)18-14-17-10-3-4-16-6-12(10)21-14/h5,7,9,16H,1-4,6H2,(H,17,18,20). The fourth-order valence-corrected chi connectivity index (χ4v) is 3.80. The highest BCUT2D eigenvalue weighted by atomic mass is 35.5. The first-order valence-corrected chi connectivity index (χ1v) is 8.28. The quantitative estimate of drug-likeness (QED) is 0.913. The van der Waals surface area contributed by atoms with Gasteiger partial charge in [-0.25, -0.2) is 4.98 Å². The maximum Gasteiger partial charge on any atom is 0.274 e. The molecule has 0 saturated heterocycles. The van der Waals surface area contributed by atoms with Crippen molar-refractivity contribution in [2.75, 3.05) is 11.9 Å². The van der Waals surface area contributed by atoms with Gasteiger partial charge in [0.2, 0.25) is 0 Å². The van der Waals surface area contributed by atoms with Crippen LogP contribution in [0.2, 0.25) is 5.02 Å². The Balaban J connectivity index is 1.56. The molecule has 7 heteroatoms. The summed E-state index contributed by atoms with van der Waals surface area (Å²) in [4.78, 5) is 18.2. The third kappa shape index (κ3) is 2.59. The zero-order chi connectivity index (χ0) is 14.4. The lowest BCUT2D eigenvalue weighted by Crippen LogP contribution is -2.22. The second-order valence-corrected chi connectivity index (χ2v) is 6.97. The summed E-state index contributed by atoms with van der Waals surface area (Å²) in [6.07, 6.45) is 4.99. The molecular weight excluding hydrogens is 308 g/mol. The number of aromatic nitrogens is 2. The van der Waals surface area contributed by atoms with Gasteiger partial charge in [0.1, 0.15) is 5.69 Å². The molecule has 5 nitrogen and oxygen atoms in total. The summed E-state index contributed by atoms with van der Waals surface area (Å²) in [5, 5.41) is 7.50. The summed E-state index contributed by atoms with van der Waals surface area (Å²) in [5.74, 6) is -0.132. The Hall–Kier alpha value is -1.37. The number of anilines is 1. The number of carbonyl (C=O) groups excluding carboxylic acids is 1. The van der Waals surface area contributed by atoms with Crippen molar-refractivity contribution in [3.05, 3.63) is 33.6 Å². The highest BCUT2D eigenvalue weighted by Gasteiger charge is 2.28. The molecule has 0 spiro atoms. The number of carbonyl (C=O) groups is 1. The highest BCUT2D eigenvalue weighted by Crippen LogP contribution is 2.37. The Morgan fingerprint density at radius 1 is 1.52 bits per heavy atom. The predicted molar refractivity (Wildman–Crippen MR) is 83.2 cm³/mol. The number of hydrogen-bond donors (Lipinski definition) is 2. The molecule has 2 aromatic rings. The molecule has 0 bridgehead atoms. The van der Waals surface area contributed by atoms with E-state index in [0.717, 1.165) is 38.0 Å². The second-order valence-electron chi connectivity index (χ2n) is 5.45. The average molecular weight is 323 g/mol. The van der Waals surface area contributed by atoms with Crippen LogP contribution in [0, 0.1) is 0 Å². The Kier molecular flexibility index (Phi) is 3.24. The van der Waals surface area contributed by atoms with Gasteiger partial charge in [-0.05, 0) is 18.9 Å².